The van der Waals surface area contributed by atoms with Gasteiger partial charge < -0.3 is 5.11 Å². The number of hydrogen-bond acceptors (Lipinski definition) is 2. The average molecular weight is 291 g/mol. The van der Waals surface area contributed by atoms with E-state index in [9.17, 15) is 5.11 Å². The molecule has 0 saturated heterocycles. The SMILES string of the molecule is CCCCCN(CCCCC)[C@@H](C)[C@H](O)c1ccccc1. The molecule has 0 bridgehead atoms. The Balaban J connectivity index is 2.61. The van der Waals surface area contributed by atoms with Crippen LogP contribution in [0.25, 0.3) is 0 Å². The van der Waals surface area contributed by atoms with E-state index in [4.69, 9.17) is 0 Å². The maximum Gasteiger partial charge on any atom is 0.0942 e. The number of rotatable bonds is 11. The molecule has 2 nitrogen and oxygen atoms in total. The van der Waals surface area contributed by atoms with E-state index < -0.39 is 6.10 Å². The molecule has 0 spiro atoms. The van der Waals surface area contributed by atoms with E-state index >= 15 is 0 Å². The number of aliphatic hydroxyl groups excluding tert-OH is 1. The Hall–Kier alpha value is -0.860. The summed E-state index contributed by atoms with van der Waals surface area (Å²) in [6.07, 6.45) is 7.12. The molecule has 0 aliphatic heterocycles. The second-order valence-corrected chi connectivity index (χ2v) is 6.05. The van der Waals surface area contributed by atoms with Crippen LogP contribution >= 0.6 is 0 Å². The number of benzene rings is 1. The smallest absolute Gasteiger partial charge is 0.0942 e. The van der Waals surface area contributed by atoms with Crippen molar-refractivity contribution in [1.29, 1.82) is 0 Å². The molecule has 2 atom stereocenters. The predicted molar refractivity (Wildman–Crippen MR) is 91.5 cm³/mol. The summed E-state index contributed by atoms with van der Waals surface area (Å²) < 4.78 is 0. The van der Waals surface area contributed by atoms with Gasteiger partial charge >= 0.3 is 0 Å². The van der Waals surface area contributed by atoms with Crippen molar-refractivity contribution in [1.82, 2.24) is 4.90 Å². The van der Waals surface area contributed by atoms with E-state index in [1.807, 2.05) is 30.3 Å². The van der Waals surface area contributed by atoms with Crippen molar-refractivity contribution in [2.45, 2.75) is 71.4 Å². The van der Waals surface area contributed by atoms with Gasteiger partial charge in [0.15, 0.2) is 0 Å². The maximum absolute atomic E-state index is 10.6. The fourth-order valence-corrected chi connectivity index (χ4v) is 2.78. The minimum absolute atomic E-state index is 0.182. The zero-order valence-electron chi connectivity index (χ0n) is 14.1. The standard InChI is InChI=1S/C19H33NO/c1-4-6-11-15-20(16-12-7-5-2)17(3)19(21)18-13-9-8-10-14-18/h8-10,13-14,17,19,21H,4-7,11-12,15-16H2,1-3H3/t17-,19-/m0/s1. The van der Waals surface area contributed by atoms with Crippen molar-refractivity contribution in [3.8, 4) is 0 Å². The summed E-state index contributed by atoms with van der Waals surface area (Å²) in [5.41, 5.74) is 1.03. The Bertz CT molecular complexity index is 342. The van der Waals surface area contributed by atoms with E-state index in [0.29, 0.717) is 0 Å². The summed E-state index contributed by atoms with van der Waals surface area (Å²) in [5, 5.41) is 10.6. The lowest BCUT2D eigenvalue weighted by atomic mass is 10.0. The molecule has 0 fully saturated rings. The van der Waals surface area contributed by atoms with Gasteiger partial charge in [-0.1, -0.05) is 69.9 Å². The Morgan fingerprint density at radius 2 is 1.43 bits per heavy atom. The van der Waals surface area contributed by atoms with E-state index in [0.717, 1.165) is 18.7 Å². The summed E-state index contributed by atoms with van der Waals surface area (Å²) in [6.45, 7) is 8.84. The highest BCUT2D eigenvalue weighted by Gasteiger charge is 2.22. The van der Waals surface area contributed by atoms with Crippen LogP contribution in [0.2, 0.25) is 0 Å². The van der Waals surface area contributed by atoms with Crippen LogP contribution in [0.1, 0.15) is 71.0 Å². The fraction of sp³-hybridized carbons (Fsp3) is 0.684. The topological polar surface area (TPSA) is 23.5 Å². The summed E-state index contributed by atoms with van der Waals surface area (Å²) in [6, 6.07) is 10.2. The second-order valence-electron chi connectivity index (χ2n) is 6.05. The molecule has 1 aromatic carbocycles. The minimum Gasteiger partial charge on any atom is -0.387 e. The van der Waals surface area contributed by atoms with E-state index in [1.54, 1.807) is 0 Å². The van der Waals surface area contributed by atoms with Gasteiger partial charge in [0.25, 0.3) is 0 Å². The quantitative estimate of drug-likeness (QED) is 0.592. The van der Waals surface area contributed by atoms with Crippen LogP contribution in [-0.4, -0.2) is 29.1 Å². The maximum atomic E-state index is 10.6. The fourth-order valence-electron chi connectivity index (χ4n) is 2.78. The average Bonchev–Trinajstić information content (AvgIpc) is 2.53. The monoisotopic (exact) mass is 291 g/mol. The molecule has 1 N–H and O–H groups in total. The Labute approximate surface area is 131 Å². The van der Waals surface area contributed by atoms with Crippen LogP contribution in [0.4, 0.5) is 0 Å². The van der Waals surface area contributed by atoms with Crippen molar-refractivity contribution in [2.75, 3.05) is 13.1 Å². The highest BCUT2D eigenvalue weighted by Crippen LogP contribution is 2.21. The van der Waals surface area contributed by atoms with Gasteiger partial charge in [-0.25, -0.2) is 0 Å². The first-order valence-corrected chi connectivity index (χ1v) is 8.67. The van der Waals surface area contributed by atoms with Crippen molar-refractivity contribution < 1.29 is 5.11 Å². The molecule has 0 aliphatic carbocycles. The molecule has 0 aromatic heterocycles. The second kappa shape index (κ2) is 10.8. The zero-order chi connectivity index (χ0) is 15.5. The third-order valence-electron chi connectivity index (χ3n) is 4.27. The van der Waals surface area contributed by atoms with Crippen molar-refractivity contribution in [2.24, 2.45) is 0 Å². The molecule has 120 valence electrons. The molecule has 1 rings (SSSR count). The lowest BCUT2D eigenvalue weighted by molar-refractivity contribution is 0.0556. The van der Waals surface area contributed by atoms with Crippen LogP contribution in [0, 0.1) is 0 Å². The Morgan fingerprint density at radius 1 is 0.905 bits per heavy atom. The van der Waals surface area contributed by atoms with Gasteiger partial charge in [0.05, 0.1) is 6.10 Å². The third kappa shape index (κ3) is 6.62. The number of unbranched alkanes of at least 4 members (excludes halogenated alkanes) is 4. The molecular weight excluding hydrogens is 258 g/mol. The molecule has 2 heteroatoms. The summed E-state index contributed by atoms with van der Waals surface area (Å²) in [5.74, 6) is 0. The van der Waals surface area contributed by atoms with Gasteiger partial charge in [0.2, 0.25) is 0 Å². The first-order chi connectivity index (χ1) is 10.2. The van der Waals surface area contributed by atoms with Crippen LogP contribution < -0.4 is 0 Å². The highest BCUT2D eigenvalue weighted by atomic mass is 16.3. The number of hydrogen-bond donors (Lipinski definition) is 1. The summed E-state index contributed by atoms with van der Waals surface area (Å²) >= 11 is 0. The molecule has 0 aliphatic rings. The van der Waals surface area contributed by atoms with Gasteiger partial charge in [-0.15, -0.1) is 0 Å². The Morgan fingerprint density at radius 3 is 1.90 bits per heavy atom. The molecule has 21 heavy (non-hydrogen) atoms. The van der Waals surface area contributed by atoms with Crippen LogP contribution in [0.3, 0.4) is 0 Å². The van der Waals surface area contributed by atoms with Gasteiger partial charge in [-0.2, -0.15) is 0 Å². The minimum atomic E-state index is -0.394. The van der Waals surface area contributed by atoms with Gasteiger partial charge in [-0.05, 0) is 38.4 Å². The van der Waals surface area contributed by atoms with E-state index in [1.165, 1.54) is 38.5 Å². The summed E-state index contributed by atoms with van der Waals surface area (Å²) in [7, 11) is 0. The van der Waals surface area contributed by atoms with Gasteiger partial charge in [0.1, 0.15) is 0 Å². The van der Waals surface area contributed by atoms with E-state index in [2.05, 4.69) is 25.7 Å². The van der Waals surface area contributed by atoms with E-state index in [-0.39, 0.29) is 6.04 Å². The first kappa shape index (κ1) is 18.2. The van der Waals surface area contributed by atoms with Crippen molar-refractivity contribution >= 4 is 0 Å². The normalized spacial score (nSPS) is 14.3. The lowest BCUT2D eigenvalue weighted by Gasteiger charge is -2.32. The van der Waals surface area contributed by atoms with Gasteiger partial charge in [-0.3, -0.25) is 4.90 Å². The number of aliphatic hydroxyl groups is 1. The molecule has 1 aromatic rings. The summed E-state index contributed by atoms with van der Waals surface area (Å²) in [4.78, 5) is 2.48. The molecule has 0 heterocycles. The van der Waals surface area contributed by atoms with Crippen LogP contribution in [0.5, 0.6) is 0 Å². The molecule has 0 saturated carbocycles. The lowest BCUT2D eigenvalue weighted by Crippen LogP contribution is -2.39. The molecule has 0 amide bonds. The van der Waals surface area contributed by atoms with Gasteiger partial charge in [0, 0.05) is 6.04 Å². The predicted octanol–water partition coefficient (Wildman–Crippen LogP) is 4.79. The largest absolute Gasteiger partial charge is 0.387 e. The Kier molecular flexibility index (Phi) is 9.36. The third-order valence-corrected chi connectivity index (χ3v) is 4.27. The first-order valence-electron chi connectivity index (χ1n) is 8.67. The molecule has 0 radical (unpaired) electrons. The van der Waals surface area contributed by atoms with Crippen molar-refractivity contribution in [3.63, 3.8) is 0 Å². The molecule has 0 unspecified atom stereocenters. The number of nitrogens with zero attached hydrogens (tertiary/aromatic N) is 1. The highest BCUT2D eigenvalue weighted by molar-refractivity contribution is 5.18. The van der Waals surface area contributed by atoms with Crippen LogP contribution in [0.15, 0.2) is 30.3 Å². The molecular formula is C19H33NO. The van der Waals surface area contributed by atoms with Crippen molar-refractivity contribution in [3.05, 3.63) is 35.9 Å². The van der Waals surface area contributed by atoms with Crippen LogP contribution in [-0.2, 0) is 0 Å². The zero-order valence-corrected chi connectivity index (χ0v) is 14.1.